The molecule has 0 saturated carbocycles. The monoisotopic (exact) mass is 545 g/mol. The summed E-state index contributed by atoms with van der Waals surface area (Å²) < 4.78 is 13.0. The zero-order chi connectivity index (χ0) is 26.2. The lowest BCUT2D eigenvalue weighted by Crippen LogP contribution is -2.33. The first-order valence-corrected chi connectivity index (χ1v) is 13.2. The summed E-state index contributed by atoms with van der Waals surface area (Å²) in [4.78, 5) is 13.2. The molecule has 0 bridgehead atoms. The highest BCUT2D eigenvalue weighted by atomic mass is 35.5. The molecule has 3 N–H and O–H groups in total. The standard InChI is InChI=1S/C27H33Cl2N5O3/c1-18-25(32-27(35)31-24-15-23(29)22(28)14-20(24)9-7-13-36-2)34(21-10-4-3-5-11-21)33-26(18)37-17-19-8-6-12-30-16-19/h3-5,10-11,14-15,19,30H,6-9,12-13,16-17H2,1-2H3,(H2,31,32,35). The Morgan fingerprint density at radius 3 is 2.70 bits per heavy atom. The number of rotatable bonds is 10. The van der Waals surface area contributed by atoms with Crippen LogP contribution in [-0.2, 0) is 11.2 Å². The van der Waals surface area contributed by atoms with Crippen LogP contribution in [0.5, 0.6) is 5.88 Å². The Labute approximate surface area is 227 Å². The molecular formula is C27H33Cl2N5O3. The SMILES string of the molecule is COCCCc1cc(Cl)c(Cl)cc1NC(=O)Nc1c(C)c(OCC2CCCNC2)nn1-c1ccccc1. The van der Waals surface area contributed by atoms with Crippen LogP contribution in [0.25, 0.3) is 5.69 Å². The lowest BCUT2D eigenvalue weighted by Gasteiger charge is -2.22. The van der Waals surface area contributed by atoms with Gasteiger partial charge in [-0.1, -0.05) is 41.4 Å². The predicted octanol–water partition coefficient (Wildman–Crippen LogP) is 6.09. The zero-order valence-electron chi connectivity index (χ0n) is 21.2. The van der Waals surface area contributed by atoms with Gasteiger partial charge in [-0.05, 0) is 69.0 Å². The number of urea groups is 1. The van der Waals surface area contributed by atoms with E-state index in [2.05, 4.69) is 16.0 Å². The van der Waals surface area contributed by atoms with Crippen LogP contribution in [0.1, 0.15) is 30.4 Å². The van der Waals surface area contributed by atoms with Gasteiger partial charge in [0.15, 0.2) is 0 Å². The average Bonchev–Trinajstić information content (AvgIpc) is 3.21. The van der Waals surface area contributed by atoms with Crippen molar-refractivity contribution < 1.29 is 14.3 Å². The summed E-state index contributed by atoms with van der Waals surface area (Å²) in [6.07, 6.45) is 3.72. The normalized spacial score (nSPS) is 15.4. The number of piperidine rings is 1. The molecule has 0 aliphatic carbocycles. The fourth-order valence-electron chi connectivity index (χ4n) is 4.36. The van der Waals surface area contributed by atoms with Gasteiger partial charge in [0.1, 0.15) is 5.82 Å². The maximum Gasteiger partial charge on any atom is 0.324 e. The Kier molecular flexibility index (Phi) is 9.68. The Morgan fingerprint density at radius 2 is 1.97 bits per heavy atom. The number of amides is 2. The van der Waals surface area contributed by atoms with E-state index in [1.807, 2.05) is 37.3 Å². The fourth-order valence-corrected chi connectivity index (χ4v) is 4.71. The fraction of sp³-hybridized carbons (Fsp3) is 0.407. The largest absolute Gasteiger partial charge is 0.476 e. The van der Waals surface area contributed by atoms with E-state index in [9.17, 15) is 4.79 Å². The number of carbonyl (C=O) groups is 1. The van der Waals surface area contributed by atoms with Crippen LogP contribution in [0, 0.1) is 12.8 Å². The molecule has 0 radical (unpaired) electrons. The predicted molar refractivity (Wildman–Crippen MR) is 149 cm³/mol. The van der Waals surface area contributed by atoms with E-state index in [-0.39, 0.29) is 0 Å². The minimum atomic E-state index is -0.422. The van der Waals surface area contributed by atoms with Gasteiger partial charge in [-0.15, -0.1) is 5.10 Å². The average molecular weight is 546 g/mol. The number of benzene rings is 2. The molecule has 1 aliphatic heterocycles. The van der Waals surface area contributed by atoms with Crippen molar-refractivity contribution in [2.45, 2.75) is 32.6 Å². The molecule has 198 valence electrons. The second kappa shape index (κ2) is 13.1. The first-order chi connectivity index (χ1) is 18.0. The van der Waals surface area contributed by atoms with Crippen LogP contribution in [-0.4, -0.2) is 49.2 Å². The van der Waals surface area contributed by atoms with Gasteiger partial charge in [0.2, 0.25) is 5.88 Å². The molecule has 8 nitrogen and oxygen atoms in total. The van der Waals surface area contributed by atoms with Gasteiger partial charge < -0.3 is 20.1 Å². The molecule has 1 atom stereocenters. The number of nitrogens with one attached hydrogen (secondary N) is 3. The number of methoxy groups -OCH3 is 1. The van der Waals surface area contributed by atoms with Gasteiger partial charge >= 0.3 is 6.03 Å². The maximum atomic E-state index is 13.2. The molecule has 2 aromatic carbocycles. The van der Waals surface area contributed by atoms with Gasteiger partial charge in [-0.2, -0.15) is 0 Å². The molecule has 2 heterocycles. The molecule has 1 aliphatic rings. The first kappa shape index (κ1) is 27.3. The molecule has 0 spiro atoms. The molecule has 37 heavy (non-hydrogen) atoms. The number of hydrogen-bond donors (Lipinski definition) is 3. The minimum Gasteiger partial charge on any atom is -0.476 e. The lowest BCUT2D eigenvalue weighted by molar-refractivity contribution is 0.195. The van der Waals surface area contributed by atoms with Crippen LogP contribution in [0.2, 0.25) is 10.0 Å². The van der Waals surface area contributed by atoms with Gasteiger partial charge in [0, 0.05) is 31.9 Å². The maximum absolute atomic E-state index is 13.2. The molecular weight excluding hydrogens is 513 g/mol. The number of ether oxygens (including phenoxy) is 2. The Bertz CT molecular complexity index is 1200. The number of anilines is 2. The summed E-state index contributed by atoms with van der Waals surface area (Å²) in [5, 5.41) is 14.8. The molecule has 4 rings (SSSR count). The summed E-state index contributed by atoms with van der Waals surface area (Å²) in [5.74, 6) is 1.46. The lowest BCUT2D eigenvalue weighted by atomic mass is 10.0. The molecule has 1 unspecified atom stereocenters. The van der Waals surface area contributed by atoms with E-state index in [1.54, 1.807) is 23.9 Å². The number of aromatic nitrogens is 2. The van der Waals surface area contributed by atoms with Gasteiger partial charge in [-0.3, -0.25) is 5.32 Å². The third-order valence-electron chi connectivity index (χ3n) is 6.35. The minimum absolute atomic E-state index is 0.367. The van der Waals surface area contributed by atoms with Crippen LogP contribution in [0.3, 0.4) is 0 Å². The van der Waals surface area contributed by atoms with Crippen LogP contribution >= 0.6 is 23.2 Å². The highest BCUT2D eigenvalue weighted by Crippen LogP contribution is 2.32. The van der Waals surface area contributed by atoms with Crippen molar-refractivity contribution in [1.29, 1.82) is 0 Å². The smallest absolute Gasteiger partial charge is 0.324 e. The van der Waals surface area contributed by atoms with E-state index >= 15 is 0 Å². The molecule has 1 saturated heterocycles. The third kappa shape index (κ3) is 7.17. The number of halogens is 2. The Hall–Kier alpha value is -2.78. The quantitative estimate of drug-likeness (QED) is 0.268. The van der Waals surface area contributed by atoms with Crippen molar-refractivity contribution in [2.75, 3.05) is 44.0 Å². The van der Waals surface area contributed by atoms with E-state index in [0.29, 0.717) is 53.0 Å². The van der Waals surface area contributed by atoms with E-state index in [1.165, 1.54) is 0 Å². The van der Waals surface area contributed by atoms with E-state index in [4.69, 9.17) is 37.8 Å². The zero-order valence-corrected chi connectivity index (χ0v) is 22.7. The summed E-state index contributed by atoms with van der Waals surface area (Å²) in [7, 11) is 1.66. The van der Waals surface area contributed by atoms with Crippen LogP contribution in [0.15, 0.2) is 42.5 Å². The first-order valence-electron chi connectivity index (χ1n) is 12.5. The molecule has 3 aromatic rings. The molecule has 1 aromatic heterocycles. The molecule has 10 heteroatoms. The van der Waals surface area contributed by atoms with Crippen LogP contribution in [0.4, 0.5) is 16.3 Å². The highest BCUT2D eigenvalue weighted by molar-refractivity contribution is 6.42. The van der Waals surface area contributed by atoms with E-state index < -0.39 is 6.03 Å². The topological polar surface area (TPSA) is 89.4 Å². The number of nitrogens with zero attached hydrogens (tertiary/aromatic N) is 2. The van der Waals surface area contributed by atoms with Crippen molar-refractivity contribution in [3.8, 4) is 11.6 Å². The second-order valence-electron chi connectivity index (χ2n) is 9.15. The molecule has 2 amide bonds. The van der Waals surface area contributed by atoms with Gasteiger partial charge in [-0.25, -0.2) is 9.48 Å². The Balaban J connectivity index is 1.55. The molecule has 1 fully saturated rings. The van der Waals surface area contributed by atoms with Crippen molar-refractivity contribution in [1.82, 2.24) is 15.1 Å². The van der Waals surface area contributed by atoms with E-state index in [0.717, 1.165) is 49.2 Å². The Morgan fingerprint density at radius 1 is 1.19 bits per heavy atom. The summed E-state index contributed by atoms with van der Waals surface area (Å²) in [6.45, 7) is 5.04. The highest BCUT2D eigenvalue weighted by Gasteiger charge is 2.22. The third-order valence-corrected chi connectivity index (χ3v) is 7.08. The van der Waals surface area contributed by atoms with Crippen molar-refractivity contribution in [3.05, 3.63) is 63.6 Å². The number of carbonyl (C=O) groups excluding carboxylic acids is 1. The van der Waals surface area contributed by atoms with Crippen LogP contribution < -0.4 is 20.7 Å². The number of para-hydroxylation sites is 1. The summed E-state index contributed by atoms with van der Waals surface area (Å²) in [6, 6.07) is 12.7. The summed E-state index contributed by atoms with van der Waals surface area (Å²) in [5.41, 5.74) is 3.02. The van der Waals surface area contributed by atoms with Gasteiger partial charge in [0.05, 0.1) is 27.9 Å². The summed E-state index contributed by atoms with van der Waals surface area (Å²) >= 11 is 12.5. The van der Waals surface area contributed by atoms with Crippen molar-refractivity contribution in [2.24, 2.45) is 5.92 Å². The van der Waals surface area contributed by atoms with Gasteiger partial charge in [0.25, 0.3) is 0 Å². The number of hydrogen-bond acceptors (Lipinski definition) is 5. The second-order valence-corrected chi connectivity index (χ2v) is 9.96. The number of aryl methyl sites for hydroxylation is 1. The van der Waals surface area contributed by atoms with Crippen molar-refractivity contribution >= 4 is 40.7 Å². The van der Waals surface area contributed by atoms with Crippen molar-refractivity contribution in [3.63, 3.8) is 0 Å².